The molecule has 2 aliphatic rings. The van der Waals surface area contributed by atoms with Crippen LogP contribution in [0.25, 0.3) is 0 Å². The van der Waals surface area contributed by atoms with Gasteiger partial charge in [-0.15, -0.1) is 45.4 Å². The molecule has 0 aromatic rings. The maximum Gasteiger partial charge on any atom is 0.263 e. The van der Waals surface area contributed by atoms with Gasteiger partial charge >= 0.3 is 0 Å². The van der Waals surface area contributed by atoms with Crippen LogP contribution in [0.5, 0.6) is 0 Å². The smallest absolute Gasteiger partial charge is 0.145 e. The molecule has 0 spiro atoms. The van der Waals surface area contributed by atoms with E-state index in [1.54, 1.807) is 0 Å². The Kier molecular flexibility index (Phi) is 7.10. The van der Waals surface area contributed by atoms with E-state index < -0.39 is 6.69 Å². The molecule has 2 saturated carbocycles. The minimum absolute atomic E-state index is 0.125. The molecule has 0 amide bonds. The van der Waals surface area contributed by atoms with Gasteiger partial charge in [0.15, 0.2) is 0 Å². The highest BCUT2D eigenvalue weighted by Crippen LogP contribution is 2.69. The van der Waals surface area contributed by atoms with Gasteiger partial charge in [-0.05, 0) is 48.6 Å². The van der Waals surface area contributed by atoms with Crippen molar-refractivity contribution in [2.75, 3.05) is 11.8 Å². The van der Waals surface area contributed by atoms with Crippen LogP contribution in [0.1, 0.15) is 77.0 Å². The highest BCUT2D eigenvalue weighted by atomic mass is 35.7. The van der Waals surface area contributed by atoms with Gasteiger partial charge < -0.3 is 0 Å². The molecular weight excluding hydrogens is 362 g/mol. The lowest BCUT2D eigenvalue weighted by Crippen LogP contribution is -2.51. The van der Waals surface area contributed by atoms with Crippen LogP contribution in [-0.2, 0) is 0 Å². The Morgan fingerprint density at radius 2 is 0.952 bits per heavy atom. The number of hydrogen-bond acceptors (Lipinski definition) is 0. The van der Waals surface area contributed by atoms with E-state index in [1.165, 1.54) is 64.2 Å². The molecule has 0 nitrogen and oxygen atoms in total. The molecule has 0 unspecified atom stereocenters. The average molecular weight is 390 g/mol. The summed E-state index contributed by atoms with van der Waals surface area (Å²) in [6.07, 6.45) is 14.4. The van der Waals surface area contributed by atoms with Crippen molar-refractivity contribution in [1.82, 2.24) is 0 Å². The average Bonchev–Trinajstić information content (AvgIpc) is 2.49. The van der Waals surface area contributed by atoms with Crippen LogP contribution in [0, 0.1) is 0 Å². The SMILES string of the molecule is ClCCC1([Si](Cl)(Cl)C2(CCCl)CCCCC2)CCCCC1. The highest BCUT2D eigenvalue weighted by molar-refractivity contribution is 7.47. The first kappa shape index (κ1) is 18.7. The molecule has 0 aromatic carbocycles. The molecule has 0 N–H and O–H groups in total. The molecule has 0 bridgehead atoms. The summed E-state index contributed by atoms with van der Waals surface area (Å²) in [5, 5.41) is 0.249. The van der Waals surface area contributed by atoms with Gasteiger partial charge in [0.2, 0.25) is 0 Å². The number of rotatable bonds is 6. The lowest BCUT2D eigenvalue weighted by Gasteiger charge is -2.55. The Morgan fingerprint density at radius 1 is 0.619 bits per heavy atom. The third-order valence-electron chi connectivity index (χ3n) is 6.10. The lowest BCUT2D eigenvalue weighted by atomic mass is 9.85. The second-order valence-corrected chi connectivity index (χ2v) is 15.1. The largest absolute Gasteiger partial charge is 0.263 e. The van der Waals surface area contributed by atoms with Crippen molar-refractivity contribution in [3.05, 3.63) is 0 Å². The van der Waals surface area contributed by atoms with Gasteiger partial charge in [0.25, 0.3) is 6.69 Å². The van der Waals surface area contributed by atoms with Crippen LogP contribution in [0.4, 0.5) is 0 Å². The van der Waals surface area contributed by atoms with Crippen molar-refractivity contribution in [3.63, 3.8) is 0 Å². The minimum Gasteiger partial charge on any atom is -0.145 e. The van der Waals surface area contributed by atoms with Crippen molar-refractivity contribution in [2.24, 2.45) is 0 Å². The molecule has 0 aliphatic heterocycles. The van der Waals surface area contributed by atoms with Gasteiger partial charge in [0.1, 0.15) is 0 Å². The maximum atomic E-state index is 7.35. The standard InChI is InChI=1S/C16H28Cl4Si/c17-13-11-15(7-3-1-4-8-15)21(19,20)16(12-14-18)9-5-2-6-10-16/h1-14H2. The summed E-state index contributed by atoms with van der Waals surface area (Å²) < 4.78 is 0. The molecule has 124 valence electrons. The first-order valence-corrected chi connectivity index (χ1v) is 13.6. The molecular formula is C16H28Cl4Si. The molecule has 5 heteroatoms. The first-order valence-electron chi connectivity index (χ1n) is 8.53. The van der Waals surface area contributed by atoms with Crippen LogP contribution in [-0.4, -0.2) is 18.5 Å². The van der Waals surface area contributed by atoms with E-state index >= 15 is 0 Å². The topological polar surface area (TPSA) is 0 Å². The van der Waals surface area contributed by atoms with E-state index in [1.807, 2.05) is 0 Å². The Hall–Kier alpha value is 1.38. The molecule has 2 fully saturated rings. The molecule has 2 rings (SSSR count). The van der Waals surface area contributed by atoms with Crippen molar-refractivity contribution in [1.29, 1.82) is 0 Å². The van der Waals surface area contributed by atoms with Gasteiger partial charge in [-0.2, -0.15) is 0 Å². The first-order chi connectivity index (χ1) is 10.0. The van der Waals surface area contributed by atoms with E-state index in [0.717, 1.165) is 12.8 Å². The summed E-state index contributed by atoms with van der Waals surface area (Å²) in [5.41, 5.74) is 0. The summed E-state index contributed by atoms with van der Waals surface area (Å²) in [6.45, 7) is -2.47. The zero-order valence-corrected chi connectivity index (χ0v) is 16.9. The Labute approximate surface area is 150 Å². The van der Waals surface area contributed by atoms with Gasteiger partial charge in [0.05, 0.1) is 0 Å². The normalized spacial score (nSPS) is 25.7. The van der Waals surface area contributed by atoms with E-state index in [-0.39, 0.29) is 10.1 Å². The quantitative estimate of drug-likeness (QED) is 0.249. The minimum atomic E-state index is -2.47. The van der Waals surface area contributed by atoms with Gasteiger partial charge in [-0.3, -0.25) is 0 Å². The fourth-order valence-electron chi connectivity index (χ4n) is 4.82. The van der Waals surface area contributed by atoms with E-state index in [2.05, 4.69) is 0 Å². The number of hydrogen-bond donors (Lipinski definition) is 0. The highest BCUT2D eigenvalue weighted by Gasteiger charge is 2.62. The predicted octanol–water partition coefficient (Wildman–Crippen LogP) is 7.57. The van der Waals surface area contributed by atoms with Crippen LogP contribution in [0.3, 0.4) is 0 Å². The van der Waals surface area contributed by atoms with E-state index in [9.17, 15) is 0 Å². The van der Waals surface area contributed by atoms with Crippen molar-refractivity contribution in [3.8, 4) is 0 Å². The summed E-state index contributed by atoms with van der Waals surface area (Å²) in [5.74, 6) is 1.37. The third kappa shape index (κ3) is 3.58. The molecule has 0 heterocycles. The summed E-state index contributed by atoms with van der Waals surface area (Å²) in [4.78, 5) is 0. The third-order valence-corrected chi connectivity index (χ3v) is 15.5. The number of halogens is 4. The molecule has 0 atom stereocenters. The molecule has 2 aliphatic carbocycles. The van der Waals surface area contributed by atoms with Crippen molar-refractivity contribution < 1.29 is 0 Å². The molecule has 0 saturated heterocycles. The summed E-state index contributed by atoms with van der Waals surface area (Å²) in [6, 6.07) is 0. The molecule has 0 radical (unpaired) electrons. The molecule has 21 heavy (non-hydrogen) atoms. The zero-order chi connectivity index (χ0) is 15.4. The van der Waals surface area contributed by atoms with Gasteiger partial charge in [-0.1, -0.05) is 38.5 Å². The van der Waals surface area contributed by atoms with E-state index in [0.29, 0.717) is 11.8 Å². The Bertz CT molecular complexity index is 279. The van der Waals surface area contributed by atoms with Crippen molar-refractivity contribution in [2.45, 2.75) is 87.1 Å². The van der Waals surface area contributed by atoms with Crippen molar-refractivity contribution >= 4 is 52.1 Å². The van der Waals surface area contributed by atoms with E-state index in [4.69, 9.17) is 45.4 Å². The molecule has 0 aromatic heterocycles. The Morgan fingerprint density at radius 3 is 1.24 bits per heavy atom. The fourth-order valence-corrected chi connectivity index (χ4v) is 13.2. The monoisotopic (exact) mass is 388 g/mol. The van der Waals surface area contributed by atoms with Crippen LogP contribution in [0.2, 0.25) is 10.1 Å². The second kappa shape index (κ2) is 7.97. The lowest BCUT2D eigenvalue weighted by molar-refractivity contribution is 0.312. The Balaban J connectivity index is 2.33. The summed E-state index contributed by atoms with van der Waals surface area (Å²) in [7, 11) is 0. The van der Waals surface area contributed by atoms with Crippen LogP contribution < -0.4 is 0 Å². The summed E-state index contributed by atoms with van der Waals surface area (Å²) >= 11 is 27.0. The van der Waals surface area contributed by atoms with Crippen LogP contribution >= 0.6 is 45.4 Å². The predicted molar refractivity (Wildman–Crippen MR) is 99.7 cm³/mol. The fraction of sp³-hybridized carbons (Fsp3) is 1.00. The number of alkyl halides is 2. The maximum absolute atomic E-state index is 7.35. The zero-order valence-electron chi connectivity index (χ0n) is 12.9. The van der Waals surface area contributed by atoms with Gasteiger partial charge in [0, 0.05) is 11.8 Å². The van der Waals surface area contributed by atoms with Gasteiger partial charge in [-0.25, -0.2) is 0 Å². The van der Waals surface area contributed by atoms with Crippen LogP contribution in [0.15, 0.2) is 0 Å². The second-order valence-electron chi connectivity index (χ2n) is 7.13.